The van der Waals surface area contributed by atoms with E-state index < -0.39 is 6.10 Å². The maximum Gasteiger partial charge on any atom is 0.0772 e. The molecule has 0 aliphatic carbocycles. The molecule has 1 fully saturated rings. The van der Waals surface area contributed by atoms with Crippen molar-refractivity contribution in [1.82, 2.24) is 0 Å². The van der Waals surface area contributed by atoms with Crippen LogP contribution in [0.15, 0.2) is 24.3 Å². The molecule has 0 spiro atoms. The molecular weight excluding hydrogens is 226 g/mol. The van der Waals surface area contributed by atoms with Crippen molar-refractivity contribution < 1.29 is 9.84 Å². The molecule has 100 valence electrons. The number of ether oxygens (including phenoxy) is 1. The predicted molar refractivity (Wildman–Crippen MR) is 73.9 cm³/mol. The van der Waals surface area contributed by atoms with Gasteiger partial charge in [-0.1, -0.05) is 19.1 Å². The van der Waals surface area contributed by atoms with Crippen molar-refractivity contribution >= 4 is 5.69 Å². The number of methoxy groups -OCH3 is 1. The van der Waals surface area contributed by atoms with E-state index in [-0.39, 0.29) is 0 Å². The van der Waals surface area contributed by atoms with E-state index in [4.69, 9.17) is 4.74 Å². The van der Waals surface area contributed by atoms with Crippen LogP contribution in [0.25, 0.3) is 0 Å². The second kappa shape index (κ2) is 5.72. The maximum atomic E-state index is 9.51. The molecule has 2 rings (SSSR count). The van der Waals surface area contributed by atoms with E-state index >= 15 is 0 Å². The van der Waals surface area contributed by atoms with Gasteiger partial charge >= 0.3 is 0 Å². The molecule has 3 atom stereocenters. The van der Waals surface area contributed by atoms with Crippen molar-refractivity contribution in [2.45, 2.75) is 32.5 Å². The summed E-state index contributed by atoms with van der Waals surface area (Å²) in [5, 5.41) is 9.51. The molecule has 1 heterocycles. The van der Waals surface area contributed by atoms with Crippen LogP contribution < -0.4 is 4.90 Å². The number of rotatable bonds is 3. The van der Waals surface area contributed by atoms with Crippen molar-refractivity contribution in [2.75, 3.05) is 25.1 Å². The highest BCUT2D eigenvalue weighted by Crippen LogP contribution is 2.25. The summed E-state index contributed by atoms with van der Waals surface area (Å²) in [6, 6.07) is 8.18. The van der Waals surface area contributed by atoms with E-state index in [2.05, 4.69) is 24.0 Å². The molecule has 0 aromatic heterocycles. The number of anilines is 1. The highest BCUT2D eigenvalue weighted by atomic mass is 16.5. The lowest BCUT2D eigenvalue weighted by Crippen LogP contribution is -2.43. The summed E-state index contributed by atoms with van der Waals surface area (Å²) in [7, 11) is 1.79. The third kappa shape index (κ3) is 2.85. The fourth-order valence-electron chi connectivity index (χ4n) is 2.54. The molecule has 3 nitrogen and oxygen atoms in total. The Morgan fingerprint density at radius 1 is 1.33 bits per heavy atom. The van der Waals surface area contributed by atoms with Gasteiger partial charge in [0.2, 0.25) is 0 Å². The smallest absolute Gasteiger partial charge is 0.0772 e. The molecular formula is C15H23NO2. The Morgan fingerprint density at radius 3 is 2.56 bits per heavy atom. The van der Waals surface area contributed by atoms with Gasteiger partial charge in [0, 0.05) is 25.9 Å². The van der Waals surface area contributed by atoms with Gasteiger partial charge in [0.25, 0.3) is 0 Å². The predicted octanol–water partition coefficient (Wildman–Crippen LogP) is 2.60. The molecule has 2 unspecified atom stereocenters. The minimum atomic E-state index is -0.396. The Morgan fingerprint density at radius 2 is 2.00 bits per heavy atom. The Labute approximate surface area is 109 Å². The van der Waals surface area contributed by atoms with E-state index in [0.717, 1.165) is 25.1 Å². The van der Waals surface area contributed by atoms with E-state index in [1.165, 1.54) is 5.69 Å². The maximum absolute atomic E-state index is 9.51. The zero-order valence-corrected chi connectivity index (χ0v) is 11.5. The first-order valence-electron chi connectivity index (χ1n) is 6.67. The van der Waals surface area contributed by atoms with Gasteiger partial charge in [-0.2, -0.15) is 0 Å². The Hall–Kier alpha value is -1.06. The first-order chi connectivity index (χ1) is 8.61. The zero-order valence-electron chi connectivity index (χ0n) is 11.5. The van der Waals surface area contributed by atoms with Crippen molar-refractivity contribution in [2.24, 2.45) is 5.92 Å². The third-order valence-electron chi connectivity index (χ3n) is 3.93. The summed E-state index contributed by atoms with van der Waals surface area (Å²) in [6.45, 7) is 6.07. The average Bonchev–Trinajstić information content (AvgIpc) is 2.39. The number of benzene rings is 1. The van der Waals surface area contributed by atoms with E-state index in [1.54, 1.807) is 14.0 Å². The van der Waals surface area contributed by atoms with Crippen molar-refractivity contribution in [3.8, 4) is 0 Å². The van der Waals surface area contributed by atoms with Crippen LogP contribution in [0.4, 0.5) is 5.69 Å². The topological polar surface area (TPSA) is 32.7 Å². The number of nitrogens with zero attached hydrogens (tertiary/aromatic N) is 1. The number of aliphatic hydroxyl groups is 1. The van der Waals surface area contributed by atoms with Crippen molar-refractivity contribution in [1.29, 1.82) is 0 Å². The summed E-state index contributed by atoms with van der Waals surface area (Å²) < 4.78 is 5.54. The molecule has 1 N–H and O–H groups in total. The van der Waals surface area contributed by atoms with E-state index in [1.807, 2.05) is 12.1 Å². The molecule has 18 heavy (non-hydrogen) atoms. The number of piperidine rings is 1. The molecule has 0 amide bonds. The molecule has 1 aliphatic heterocycles. The molecule has 1 aliphatic rings. The highest BCUT2D eigenvalue weighted by Gasteiger charge is 2.26. The van der Waals surface area contributed by atoms with Gasteiger partial charge in [-0.3, -0.25) is 0 Å². The quantitative estimate of drug-likeness (QED) is 0.893. The molecule has 1 aromatic rings. The standard InChI is InChI=1S/C15H23NO2/c1-11-8-9-16(10-15(11)18-3)14-6-4-13(5-7-14)12(2)17/h4-7,11-12,15,17H,8-10H2,1-3H3/t11?,12-,15?/m1/s1. The second-order valence-electron chi connectivity index (χ2n) is 5.25. The molecule has 1 aromatic carbocycles. The minimum Gasteiger partial charge on any atom is -0.389 e. The summed E-state index contributed by atoms with van der Waals surface area (Å²) in [6.07, 6.45) is 1.08. The van der Waals surface area contributed by atoms with Gasteiger partial charge in [-0.25, -0.2) is 0 Å². The SMILES string of the molecule is COC1CN(c2ccc([C@@H](C)O)cc2)CCC1C. The first-order valence-corrected chi connectivity index (χ1v) is 6.67. The molecule has 1 saturated heterocycles. The molecule has 0 radical (unpaired) electrons. The van der Waals surface area contributed by atoms with Crippen molar-refractivity contribution in [3.05, 3.63) is 29.8 Å². The van der Waals surface area contributed by atoms with Gasteiger partial charge in [-0.05, 0) is 37.0 Å². The summed E-state index contributed by atoms with van der Waals surface area (Å²) in [5.74, 6) is 0.628. The number of hydrogen-bond acceptors (Lipinski definition) is 3. The lowest BCUT2D eigenvalue weighted by atomic mass is 9.95. The van der Waals surface area contributed by atoms with Crippen LogP contribution in [0.2, 0.25) is 0 Å². The minimum absolute atomic E-state index is 0.315. The van der Waals surface area contributed by atoms with Gasteiger partial charge in [0.15, 0.2) is 0 Å². The number of hydrogen-bond donors (Lipinski definition) is 1. The van der Waals surface area contributed by atoms with Crippen LogP contribution in [0.3, 0.4) is 0 Å². The van der Waals surface area contributed by atoms with E-state index in [0.29, 0.717) is 12.0 Å². The lowest BCUT2D eigenvalue weighted by Gasteiger charge is -2.37. The first kappa shape index (κ1) is 13.4. The summed E-state index contributed by atoms with van der Waals surface area (Å²) in [5.41, 5.74) is 2.18. The summed E-state index contributed by atoms with van der Waals surface area (Å²) >= 11 is 0. The fraction of sp³-hybridized carbons (Fsp3) is 0.600. The van der Waals surface area contributed by atoms with Crippen LogP contribution in [0, 0.1) is 5.92 Å². The number of aliphatic hydroxyl groups excluding tert-OH is 1. The molecule has 0 saturated carbocycles. The Bertz CT molecular complexity index is 375. The van der Waals surface area contributed by atoms with Crippen LogP contribution in [-0.4, -0.2) is 31.4 Å². The van der Waals surface area contributed by atoms with Gasteiger partial charge in [-0.15, -0.1) is 0 Å². The monoisotopic (exact) mass is 249 g/mol. The van der Waals surface area contributed by atoms with E-state index in [9.17, 15) is 5.11 Å². The third-order valence-corrected chi connectivity index (χ3v) is 3.93. The largest absolute Gasteiger partial charge is 0.389 e. The highest BCUT2D eigenvalue weighted by molar-refractivity contribution is 5.48. The lowest BCUT2D eigenvalue weighted by molar-refractivity contribution is 0.0498. The summed E-state index contributed by atoms with van der Waals surface area (Å²) in [4.78, 5) is 2.36. The van der Waals surface area contributed by atoms with Crippen LogP contribution in [0.1, 0.15) is 31.9 Å². The normalized spacial score (nSPS) is 26.1. The zero-order chi connectivity index (χ0) is 13.1. The average molecular weight is 249 g/mol. The van der Waals surface area contributed by atoms with Crippen molar-refractivity contribution in [3.63, 3.8) is 0 Å². The second-order valence-corrected chi connectivity index (χ2v) is 5.25. The molecule has 0 bridgehead atoms. The van der Waals surface area contributed by atoms with Gasteiger partial charge in [0.1, 0.15) is 0 Å². The van der Waals surface area contributed by atoms with Gasteiger partial charge in [0.05, 0.1) is 12.2 Å². The Kier molecular flexibility index (Phi) is 4.25. The van der Waals surface area contributed by atoms with Gasteiger partial charge < -0.3 is 14.7 Å². The molecule has 3 heteroatoms. The van der Waals surface area contributed by atoms with Crippen LogP contribution >= 0.6 is 0 Å². The van der Waals surface area contributed by atoms with Crippen LogP contribution in [-0.2, 0) is 4.74 Å². The van der Waals surface area contributed by atoms with Crippen LogP contribution in [0.5, 0.6) is 0 Å². The fourth-order valence-corrected chi connectivity index (χ4v) is 2.54. The Balaban J connectivity index is 2.07.